The van der Waals surface area contributed by atoms with E-state index in [0.29, 0.717) is 5.75 Å². The first-order valence-corrected chi connectivity index (χ1v) is 6.76. The van der Waals surface area contributed by atoms with E-state index in [4.69, 9.17) is 14.9 Å². The zero-order valence-electron chi connectivity index (χ0n) is 11.1. The second-order valence-corrected chi connectivity index (χ2v) is 5.13. The maximum Gasteiger partial charge on any atom is 0.326 e. The standard InChI is InChI=1S/C13H14BrNO6/c1-7(21-9-4-2-8(14)3-5-9)12(18)15-10(13(19)20)6-11(16)17/h2-5,7,10H,6H2,1H3,(H,15,18)(H,16,17)(H,19,20)/t7?,10-/m1/s1. The van der Waals surface area contributed by atoms with Crippen molar-refractivity contribution in [2.24, 2.45) is 0 Å². The Labute approximate surface area is 129 Å². The number of hydrogen-bond acceptors (Lipinski definition) is 4. The van der Waals surface area contributed by atoms with Gasteiger partial charge in [0.15, 0.2) is 6.10 Å². The fraction of sp³-hybridized carbons (Fsp3) is 0.308. The molecule has 7 nitrogen and oxygen atoms in total. The van der Waals surface area contributed by atoms with Crippen molar-refractivity contribution in [1.29, 1.82) is 0 Å². The fourth-order valence-corrected chi connectivity index (χ4v) is 1.70. The lowest BCUT2D eigenvalue weighted by molar-refractivity contribution is -0.147. The van der Waals surface area contributed by atoms with Crippen LogP contribution in [0.3, 0.4) is 0 Å². The number of carboxylic acids is 2. The molecule has 0 bridgehead atoms. The number of carbonyl (C=O) groups is 3. The van der Waals surface area contributed by atoms with Crippen LogP contribution in [-0.2, 0) is 14.4 Å². The Balaban J connectivity index is 2.62. The first kappa shape index (κ1) is 17.0. The van der Waals surface area contributed by atoms with Gasteiger partial charge in [0.1, 0.15) is 11.8 Å². The van der Waals surface area contributed by atoms with E-state index in [9.17, 15) is 14.4 Å². The maximum atomic E-state index is 11.8. The molecule has 0 fully saturated rings. The molecule has 1 aromatic carbocycles. The molecule has 1 rings (SSSR count). The summed E-state index contributed by atoms with van der Waals surface area (Å²) in [5.74, 6) is -3.00. The Morgan fingerprint density at radius 3 is 2.29 bits per heavy atom. The summed E-state index contributed by atoms with van der Waals surface area (Å²) in [4.78, 5) is 33.2. The summed E-state index contributed by atoms with van der Waals surface area (Å²) in [6, 6.07) is 5.24. The summed E-state index contributed by atoms with van der Waals surface area (Å²) in [6.07, 6.45) is -1.66. The number of aliphatic carboxylic acids is 2. The third kappa shape index (κ3) is 5.82. The van der Waals surface area contributed by atoms with Gasteiger partial charge in [0.25, 0.3) is 5.91 Å². The van der Waals surface area contributed by atoms with Gasteiger partial charge in [-0.15, -0.1) is 0 Å². The topological polar surface area (TPSA) is 113 Å². The summed E-state index contributed by atoms with van der Waals surface area (Å²) < 4.78 is 6.19. The smallest absolute Gasteiger partial charge is 0.326 e. The zero-order chi connectivity index (χ0) is 16.0. The third-order valence-electron chi connectivity index (χ3n) is 2.49. The third-order valence-corrected chi connectivity index (χ3v) is 3.02. The average Bonchev–Trinajstić information content (AvgIpc) is 2.39. The van der Waals surface area contributed by atoms with Crippen molar-refractivity contribution in [3.05, 3.63) is 28.7 Å². The van der Waals surface area contributed by atoms with Gasteiger partial charge in [0, 0.05) is 4.47 Å². The van der Waals surface area contributed by atoms with Gasteiger partial charge < -0.3 is 20.3 Å². The second-order valence-electron chi connectivity index (χ2n) is 4.21. The number of ether oxygens (including phenoxy) is 1. The molecule has 1 unspecified atom stereocenters. The summed E-state index contributed by atoms with van der Waals surface area (Å²) >= 11 is 3.26. The number of carboxylic acid groups (broad SMARTS) is 2. The molecule has 114 valence electrons. The van der Waals surface area contributed by atoms with Gasteiger partial charge in [-0.05, 0) is 31.2 Å². The molecule has 3 N–H and O–H groups in total. The van der Waals surface area contributed by atoms with Crippen molar-refractivity contribution in [3.8, 4) is 5.75 Å². The van der Waals surface area contributed by atoms with Crippen LogP contribution in [0.5, 0.6) is 5.75 Å². The van der Waals surface area contributed by atoms with Gasteiger partial charge in [0.2, 0.25) is 0 Å². The number of nitrogens with one attached hydrogen (secondary N) is 1. The average molecular weight is 360 g/mol. The van der Waals surface area contributed by atoms with E-state index in [1.54, 1.807) is 24.3 Å². The molecular formula is C13H14BrNO6. The fourth-order valence-electron chi connectivity index (χ4n) is 1.43. The first-order chi connectivity index (χ1) is 9.79. The quantitative estimate of drug-likeness (QED) is 0.675. The van der Waals surface area contributed by atoms with E-state index in [1.165, 1.54) is 6.92 Å². The zero-order valence-corrected chi connectivity index (χ0v) is 12.7. The van der Waals surface area contributed by atoms with E-state index >= 15 is 0 Å². The summed E-state index contributed by atoms with van der Waals surface area (Å²) in [5, 5.41) is 19.6. The van der Waals surface area contributed by atoms with Crippen molar-refractivity contribution in [1.82, 2.24) is 5.32 Å². The summed E-state index contributed by atoms with van der Waals surface area (Å²) in [6.45, 7) is 1.44. The molecule has 1 amide bonds. The van der Waals surface area contributed by atoms with Crippen molar-refractivity contribution < 1.29 is 29.3 Å². The Bertz CT molecular complexity index is 530. The lowest BCUT2D eigenvalue weighted by Crippen LogP contribution is -2.47. The number of rotatable bonds is 7. The number of hydrogen-bond donors (Lipinski definition) is 3. The van der Waals surface area contributed by atoms with Crippen LogP contribution in [0.15, 0.2) is 28.7 Å². The Morgan fingerprint density at radius 1 is 1.24 bits per heavy atom. The van der Waals surface area contributed by atoms with E-state index in [-0.39, 0.29) is 0 Å². The van der Waals surface area contributed by atoms with Crippen LogP contribution >= 0.6 is 15.9 Å². The lowest BCUT2D eigenvalue weighted by Gasteiger charge is -2.17. The Hall–Kier alpha value is -2.09. The lowest BCUT2D eigenvalue weighted by atomic mass is 10.2. The van der Waals surface area contributed by atoms with E-state index < -0.39 is 36.4 Å². The van der Waals surface area contributed by atoms with Gasteiger partial charge in [-0.2, -0.15) is 0 Å². The van der Waals surface area contributed by atoms with Crippen LogP contribution in [0.25, 0.3) is 0 Å². The Morgan fingerprint density at radius 2 is 1.81 bits per heavy atom. The molecular weight excluding hydrogens is 346 g/mol. The molecule has 0 aliphatic rings. The van der Waals surface area contributed by atoms with Crippen LogP contribution in [0.2, 0.25) is 0 Å². The molecule has 0 spiro atoms. The van der Waals surface area contributed by atoms with E-state index in [1.807, 2.05) is 0 Å². The summed E-state index contributed by atoms with van der Waals surface area (Å²) in [7, 11) is 0. The number of carbonyl (C=O) groups excluding carboxylic acids is 1. The highest BCUT2D eigenvalue weighted by atomic mass is 79.9. The minimum absolute atomic E-state index is 0.436. The number of halogens is 1. The molecule has 8 heteroatoms. The van der Waals surface area contributed by atoms with Crippen LogP contribution < -0.4 is 10.1 Å². The van der Waals surface area contributed by atoms with Gasteiger partial charge in [-0.3, -0.25) is 9.59 Å². The highest BCUT2D eigenvalue weighted by Crippen LogP contribution is 2.17. The minimum atomic E-state index is -1.49. The highest BCUT2D eigenvalue weighted by Gasteiger charge is 2.26. The van der Waals surface area contributed by atoms with Crippen molar-refractivity contribution >= 4 is 33.8 Å². The molecule has 0 aromatic heterocycles. The number of benzene rings is 1. The predicted octanol–water partition coefficient (Wildman–Crippen LogP) is 1.26. The molecule has 2 atom stereocenters. The predicted molar refractivity (Wildman–Crippen MR) is 76.1 cm³/mol. The van der Waals surface area contributed by atoms with Crippen LogP contribution in [0, 0.1) is 0 Å². The van der Waals surface area contributed by atoms with Gasteiger partial charge in [-0.1, -0.05) is 15.9 Å². The largest absolute Gasteiger partial charge is 0.481 e. The first-order valence-electron chi connectivity index (χ1n) is 5.96. The van der Waals surface area contributed by atoms with E-state index in [2.05, 4.69) is 21.2 Å². The second kappa shape index (κ2) is 7.63. The molecule has 21 heavy (non-hydrogen) atoms. The van der Waals surface area contributed by atoms with Gasteiger partial charge >= 0.3 is 11.9 Å². The van der Waals surface area contributed by atoms with Crippen LogP contribution in [0.1, 0.15) is 13.3 Å². The number of amides is 1. The SMILES string of the molecule is CC(Oc1ccc(Br)cc1)C(=O)N[C@H](CC(=O)O)C(=O)O. The summed E-state index contributed by atoms with van der Waals surface area (Å²) in [5.41, 5.74) is 0. The maximum absolute atomic E-state index is 11.8. The van der Waals surface area contributed by atoms with Crippen molar-refractivity contribution in [2.75, 3.05) is 0 Å². The highest BCUT2D eigenvalue weighted by molar-refractivity contribution is 9.10. The monoisotopic (exact) mass is 359 g/mol. The minimum Gasteiger partial charge on any atom is -0.481 e. The van der Waals surface area contributed by atoms with E-state index in [0.717, 1.165) is 4.47 Å². The van der Waals surface area contributed by atoms with Crippen molar-refractivity contribution in [2.45, 2.75) is 25.5 Å². The van der Waals surface area contributed by atoms with Crippen molar-refractivity contribution in [3.63, 3.8) is 0 Å². The van der Waals surface area contributed by atoms with Crippen LogP contribution in [0.4, 0.5) is 0 Å². The molecule has 0 saturated carbocycles. The molecule has 0 radical (unpaired) electrons. The normalized spacial score (nSPS) is 13.0. The molecule has 0 heterocycles. The molecule has 0 aliphatic heterocycles. The Kier molecular flexibility index (Phi) is 6.16. The van der Waals surface area contributed by atoms with Gasteiger partial charge in [0.05, 0.1) is 6.42 Å². The molecule has 1 aromatic rings. The molecule has 0 saturated heterocycles. The van der Waals surface area contributed by atoms with Crippen LogP contribution in [-0.4, -0.2) is 40.2 Å². The molecule has 0 aliphatic carbocycles. The van der Waals surface area contributed by atoms with Gasteiger partial charge in [-0.25, -0.2) is 4.79 Å².